The van der Waals surface area contributed by atoms with Crippen molar-refractivity contribution >= 4 is 11.6 Å². The summed E-state index contributed by atoms with van der Waals surface area (Å²) >= 11 is 0. The molecule has 0 heterocycles. The predicted molar refractivity (Wildman–Crippen MR) is 136 cm³/mol. The van der Waals surface area contributed by atoms with E-state index in [0.717, 1.165) is 56.9 Å². The molecule has 0 radical (unpaired) electrons. The lowest BCUT2D eigenvalue weighted by atomic mass is 9.39. The van der Waals surface area contributed by atoms with Crippen LogP contribution in [0.5, 0.6) is 0 Å². The maximum Gasteiger partial charge on any atom is 0.176 e. The molecule has 4 aliphatic carbocycles. The summed E-state index contributed by atoms with van der Waals surface area (Å²) in [5, 5.41) is 9.73. The largest absolute Gasteiger partial charge is 0.325 e. The summed E-state index contributed by atoms with van der Waals surface area (Å²) in [6.07, 6.45) is 11.6. The topological polar surface area (TPSA) is 84.0 Å². The highest BCUT2D eigenvalue weighted by Crippen LogP contribution is 2.69. The fourth-order valence-electron chi connectivity index (χ4n) is 8.23. The standard InChI is InChI=1S/C30H44N2O2/c1-19-21-9-11-30(7)24(28(21,5)17-20(18-31)25(19)34)16-23(33)22-8-10-26(2,3)12-13-27(4,32)14-15-29(22,30)6/h16-17,19,21-22H,8-15,32H2,1-7H3/t19-,21-,22?,27-,28-,29+,30+/m0/s1. The first-order chi connectivity index (χ1) is 15.6. The van der Waals surface area contributed by atoms with Crippen molar-refractivity contribution in [3.8, 4) is 6.07 Å². The first kappa shape index (κ1) is 25.4. The lowest BCUT2D eigenvalue weighted by Crippen LogP contribution is -2.59. The maximum absolute atomic E-state index is 13.9. The van der Waals surface area contributed by atoms with Gasteiger partial charge in [0.2, 0.25) is 0 Å². The number of allylic oxidation sites excluding steroid dienone is 4. The molecule has 0 aromatic rings. The maximum atomic E-state index is 13.9. The molecule has 4 nitrogen and oxygen atoms in total. The lowest BCUT2D eigenvalue weighted by molar-refractivity contribution is -0.135. The number of Topliss-reactive ketones (excluding diaryl/α,β-unsaturated/α-hetero) is 1. The van der Waals surface area contributed by atoms with Crippen LogP contribution in [-0.2, 0) is 9.59 Å². The molecule has 0 saturated heterocycles. The van der Waals surface area contributed by atoms with Gasteiger partial charge < -0.3 is 5.73 Å². The van der Waals surface area contributed by atoms with E-state index in [-0.39, 0.29) is 56.7 Å². The normalized spacial score (nSPS) is 46.7. The van der Waals surface area contributed by atoms with Crippen molar-refractivity contribution in [1.82, 2.24) is 0 Å². The number of hydrogen-bond donors (Lipinski definition) is 1. The summed E-state index contributed by atoms with van der Waals surface area (Å²) in [7, 11) is 0. The zero-order valence-corrected chi connectivity index (χ0v) is 22.4. The number of carbonyl (C=O) groups is 2. The average molecular weight is 465 g/mol. The van der Waals surface area contributed by atoms with E-state index in [9.17, 15) is 14.9 Å². The summed E-state index contributed by atoms with van der Waals surface area (Å²) in [6.45, 7) is 15.7. The highest BCUT2D eigenvalue weighted by atomic mass is 16.1. The first-order valence-corrected chi connectivity index (χ1v) is 13.3. The molecule has 4 rings (SSSR count). The van der Waals surface area contributed by atoms with Gasteiger partial charge in [0, 0.05) is 22.8 Å². The molecule has 34 heavy (non-hydrogen) atoms. The number of nitriles is 1. The number of nitrogens with two attached hydrogens (primary N) is 1. The Morgan fingerprint density at radius 1 is 0.941 bits per heavy atom. The molecule has 4 heteroatoms. The summed E-state index contributed by atoms with van der Waals surface area (Å²) in [4.78, 5) is 26.8. The minimum atomic E-state index is -0.449. The third-order valence-electron chi connectivity index (χ3n) is 11.1. The van der Waals surface area contributed by atoms with Gasteiger partial charge in [0.15, 0.2) is 11.6 Å². The van der Waals surface area contributed by atoms with Gasteiger partial charge in [0.05, 0.1) is 5.57 Å². The van der Waals surface area contributed by atoms with E-state index in [1.165, 1.54) is 0 Å². The molecule has 2 saturated carbocycles. The van der Waals surface area contributed by atoms with Crippen molar-refractivity contribution < 1.29 is 9.59 Å². The van der Waals surface area contributed by atoms with Crippen LogP contribution < -0.4 is 5.73 Å². The third-order valence-corrected chi connectivity index (χ3v) is 11.1. The second-order valence-corrected chi connectivity index (χ2v) is 13.9. The molecule has 0 aliphatic heterocycles. The van der Waals surface area contributed by atoms with E-state index < -0.39 is 5.41 Å². The van der Waals surface area contributed by atoms with Gasteiger partial charge in [-0.1, -0.05) is 53.2 Å². The zero-order valence-electron chi connectivity index (χ0n) is 22.4. The van der Waals surface area contributed by atoms with Crippen LogP contribution >= 0.6 is 0 Å². The van der Waals surface area contributed by atoms with Gasteiger partial charge in [-0.15, -0.1) is 0 Å². The number of ketones is 2. The lowest BCUT2D eigenvalue weighted by Gasteiger charge is -2.63. The predicted octanol–water partition coefficient (Wildman–Crippen LogP) is 6.31. The minimum absolute atomic E-state index is 0.0170. The Bertz CT molecular complexity index is 1010. The Morgan fingerprint density at radius 3 is 2.24 bits per heavy atom. The molecule has 0 spiro atoms. The van der Waals surface area contributed by atoms with Gasteiger partial charge in [-0.3, -0.25) is 9.59 Å². The second-order valence-electron chi connectivity index (χ2n) is 13.9. The van der Waals surface area contributed by atoms with Gasteiger partial charge in [0.1, 0.15) is 6.07 Å². The van der Waals surface area contributed by atoms with Gasteiger partial charge in [0.25, 0.3) is 0 Å². The molecule has 0 aromatic heterocycles. The number of carbonyl (C=O) groups excluding carboxylic acids is 2. The molecular formula is C30H44N2O2. The zero-order chi connectivity index (χ0) is 25.3. The van der Waals surface area contributed by atoms with E-state index in [2.05, 4.69) is 47.6 Å². The highest BCUT2D eigenvalue weighted by Gasteiger charge is 2.63. The molecule has 0 amide bonds. The molecule has 7 atom stereocenters. The van der Waals surface area contributed by atoms with Gasteiger partial charge in [-0.25, -0.2) is 0 Å². The van der Waals surface area contributed by atoms with Crippen LogP contribution in [0.4, 0.5) is 0 Å². The van der Waals surface area contributed by atoms with Crippen molar-refractivity contribution in [1.29, 1.82) is 5.26 Å². The van der Waals surface area contributed by atoms with Crippen molar-refractivity contribution in [3.05, 3.63) is 23.3 Å². The van der Waals surface area contributed by atoms with Crippen LogP contribution in [0.2, 0.25) is 0 Å². The Kier molecular flexibility index (Phi) is 5.88. The SMILES string of the molecule is C[C@@H]1C(=O)C(C#N)=C[C@]2(C)C3=CC(=O)C4CCC(C)(C)CC[C@](C)(N)CC[C@@]4(C)[C@]3(C)CC[C@@H]12. The minimum Gasteiger partial charge on any atom is -0.325 e. The number of rotatable bonds is 0. The number of fused-ring (bicyclic) bond motifs is 5. The van der Waals surface area contributed by atoms with E-state index in [4.69, 9.17) is 5.73 Å². The van der Waals surface area contributed by atoms with Crippen LogP contribution in [0, 0.1) is 50.7 Å². The van der Waals surface area contributed by atoms with E-state index in [1.807, 2.05) is 19.1 Å². The Hall–Kier alpha value is -1.73. The fourth-order valence-corrected chi connectivity index (χ4v) is 8.23. The van der Waals surface area contributed by atoms with Crippen molar-refractivity contribution in [2.45, 2.75) is 105 Å². The number of hydrogen-bond acceptors (Lipinski definition) is 4. The van der Waals surface area contributed by atoms with Crippen LogP contribution in [0.25, 0.3) is 0 Å². The van der Waals surface area contributed by atoms with Crippen LogP contribution in [0.15, 0.2) is 23.3 Å². The van der Waals surface area contributed by atoms with E-state index in [0.29, 0.717) is 0 Å². The van der Waals surface area contributed by atoms with E-state index in [1.54, 1.807) is 0 Å². The molecule has 1 unspecified atom stereocenters. The van der Waals surface area contributed by atoms with Crippen molar-refractivity contribution in [2.24, 2.45) is 45.1 Å². The average Bonchev–Trinajstić information content (AvgIpc) is 2.75. The van der Waals surface area contributed by atoms with Crippen molar-refractivity contribution in [3.63, 3.8) is 0 Å². The summed E-state index contributed by atoms with van der Waals surface area (Å²) in [5.74, 6) is 0.107. The van der Waals surface area contributed by atoms with Gasteiger partial charge >= 0.3 is 0 Å². The molecule has 2 N–H and O–H groups in total. The molecule has 0 bridgehead atoms. The molecule has 4 aliphatic rings. The second kappa shape index (κ2) is 7.89. The quantitative estimate of drug-likeness (QED) is 0.455. The summed E-state index contributed by atoms with van der Waals surface area (Å²) in [5.41, 5.74) is 7.34. The Labute approximate surface area is 206 Å². The van der Waals surface area contributed by atoms with E-state index >= 15 is 0 Å². The molecule has 0 aromatic carbocycles. The summed E-state index contributed by atoms with van der Waals surface area (Å²) < 4.78 is 0. The Morgan fingerprint density at radius 2 is 1.59 bits per heavy atom. The van der Waals surface area contributed by atoms with Crippen LogP contribution in [0.3, 0.4) is 0 Å². The van der Waals surface area contributed by atoms with Gasteiger partial charge in [-0.05, 0) is 86.5 Å². The van der Waals surface area contributed by atoms with Crippen LogP contribution in [0.1, 0.15) is 99.8 Å². The molecule has 2 fully saturated rings. The third kappa shape index (κ3) is 3.65. The van der Waals surface area contributed by atoms with Crippen LogP contribution in [-0.4, -0.2) is 17.1 Å². The highest BCUT2D eigenvalue weighted by molar-refractivity contribution is 6.02. The van der Waals surface area contributed by atoms with Crippen molar-refractivity contribution in [2.75, 3.05) is 0 Å². The smallest absolute Gasteiger partial charge is 0.176 e. The summed E-state index contributed by atoms with van der Waals surface area (Å²) in [6, 6.07) is 2.16. The fraction of sp³-hybridized carbons (Fsp3) is 0.767. The Balaban J connectivity index is 1.87. The first-order valence-electron chi connectivity index (χ1n) is 13.3. The number of nitrogens with zero attached hydrogens (tertiary/aromatic N) is 1. The monoisotopic (exact) mass is 464 g/mol. The molecular weight excluding hydrogens is 420 g/mol. The molecule has 186 valence electrons. The van der Waals surface area contributed by atoms with Gasteiger partial charge in [-0.2, -0.15) is 5.26 Å².